The second-order valence-electron chi connectivity index (χ2n) is 4.18. The highest BCUT2D eigenvalue weighted by Gasteiger charge is 2.03. The second kappa shape index (κ2) is 5.59. The van der Waals surface area contributed by atoms with Crippen molar-refractivity contribution in [2.45, 2.75) is 10.1 Å². The Morgan fingerprint density at radius 1 is 1.11 bits per heavy atom. The van der Waals surface area contributed by atoms with Gasteiger partial charge in [0.05, 0.1) is 10.2 Å². The molecule has 19 heavy (non-hydrogen) atoms. The molecule has 0 N–H and O–H groups in total. The van der Waals surface area contributed by atoms with E-state index in [9.17, 15) is 0 Å². The van der Waals surface area contributed by atoms with Crippen LogP contribution in [0.15, 0.2) is 59.4 Å². The molecule has 1 heterocycles. The first kappa shape index (κ1) is 12.5. The molecule has 0 saturated carbocycles. The lowest BCUT2D eigenvalue weighted by molar-refractivity contribution is 1.29. The van der Waals surface area contributed by atoms with Gasteiger partial charge in [-0.2, -0.15) is 0 Å². The number of fused-ring (bicyclic) bond motifs is 1. The molecule has 0 atom stereocenters. The number of thioether (sulfide) groups is 1. The lowest BCUT2D eigenvalue weighted by Crippen LogP contribution is -1.80. The van der Waals surface area contributed by atoms with Gasteiger partial charge in [0.25, 0.3) is 0 Å². The second-order valence-corrected chi connectivity index (χ2v) is 6.43. The molecule has 2 aromatic carbocycles. The number of hydrogen-bond donors (Lipinski definition) is 0. The third-order valence-corrected chi connectivity index (χ3v) is 5.10. The molecule has 3 aromatic rings. The fraction of sp³-hybridized carbons (Fsp3) is 0.0625. The maximum Gasteiger partial charge on any atom is 0.151 e. The predicted molar refractivity (Wildman–Crippen MR) is 85.7 cm³/mol. The first-order valence-corrected chi connectivity index (χ1v) is 7.85. The predicted octanol–water partition coefficient (Wildman–Crippen LogP) is 5.23. The summed E-state index contributed by atoms with van der Waals surface area (Å²) >= 11 is 3.55. The smallest absolute Gasteiger partial charge is 0.151 e. The number of para-hydroxylation sites is 1. The molecule has 3 rings (SSSR count). The normalized spacial score (nSPS) is 10.7. The van der Waals surface area contributed by atoms with Crippen LogP contribution in [0.2, 0.25) is 0 Å². The van der Waals surface area contributed by atoms with Crippen LogP contribution in [-0.4, -0.2) is 4.98 Å². The highest BCUT2D eigenvalue weighted by molar-refractivity contribution is 8.00. The zero-order chi connectivity index (χ0) is 13.1. The summed E-state index contributed by atoms with van der Waals surface area (Å²) in [7, 11) is 0. The van der Waals surface area contributed by atoms with Gasteiger partial charge in [-0.1, -0.05) is 60.8 Å². The monoisotopic (exact) mass is 283 g/mol. The Kier molecular flexibility index (Phi) is 3.67. The van der Waals surface area contributed by atoms with Crippen LogP contribution in [0, 0.1) is 0 Å². The molecule has 1 nitrogen and oxygen atoms in total. The summed E-state index contributed by atoms with van der Waals surface area (Å²) in [5, 5.41) is 0. The molecule has 0 spiro atoms. The standard InChI is InChI=1S/C16H13NS2/c1-2-12-7-9-13(10-8-12)11-18-16-17-14-5-3-4-6-15(14)19-16/h2-10H,1,11H2. The number of benzene rings is 2. The lowest BCUT2D eigenvalue weighted by atomic mass is 10.1. The molecule has 94 valence electrons. The van der Waals surface area contributed by atoms with Crippen molar-refractivity contribution in [3.05, 3.63) is 66.2 Å². The van der Waals surface area contributed by atoms with Crippen molar-refractivity contribution < 1.29 is 0 Å². The topological polar surface area (TPSA) is 12.9 Å². The summed E-state index contributed by atoms with van der Waals surface area (Å²) in [5.74, 6) is 0.956. The average molecular weight is 283 g/mol. The lowest BCUT2D eigenvalue weighted by Gasteiger charge is -1.99. The van der Waals surface area contributed by atoms with Crippen LogP contribution in [-0.2, 0) is 5.75 Å². The van der Waals surface area contributed by atoms with Crippen LogP contribution >= 0.6 is 23.1 Å². The fourth-order valence-electron chi connectivity index (χ4n) is 1.81. The molecule has 0 aliphatic carbocycles. The van der Waals surface area contributed by atoms with E-state index in [1.807, 2.05) is 12.1 Å². The van der Waals surface area contributed by atoms with Gasteiger partial charge in [0.15, 0.2) is 4.34 Å². The Bertz CT molecular complexity index is 665. The number of nitrogens with zero attached hydrogens (tertiary/aromatic N) is 1. The number of aromatic nitrogens is 1. The maximum atomic E-state index is 4.63. The van der Waals surface area contributed by atoms with E-state index in [2.05, 4.69) is 54.0 Å². The number of rotatable bonds is 4. The van der Waals surface area contributed by atoms with E-state index >= 15 is 0 Å². The van der Waals surface area contributed by atoms with Gasteiger partial charge in [0, 0.05) is 5.75 Å². The molecular formula is C16H13NS2. The zero-order valence-electron chi connectivity index (χ0n) is 10.4. The van der Waals surface area contributed by atoms with Crippen molar-refractivity contribution in [2.75, 3.05) is 0 Å². The van der Waals surface area contributed by atoms with E-state index in [4.69, 9.17) is 0 Å². The summed E-state index contributed by atoms with van der Waals surface area (Å²) in [5.41, 5.74) is 3.57. The van der Waals surface area contributed by atoms with Gasteiger partial charge >= 0.3 is 0 Å². The Labute approximate surface area is 121 Å². The van der Waals surface area contributed by atoms with Gasteiger partial charge < -0.3 is 0 Å². The summed E-state index contributed by atoms with van der Waals surface area (Å²) in [6.45, 7) is 3.76. The van der Waals surface area contributed by atoms with Crippen LogP contribution < -0.4 is 0 Å². The largest absolute Gasteiger partial charge is 0.230 e. The summed E-state index contributed by atoms with van der Waals surface area (Å²) in [6, 6.07) is 16.8. The molecule has 0 aliphatic heterocycles. The molecule has 0 bridgehead atoms. The molecule has 1 aromatic heterocycles. The van der Waals surface area contributed by atoms with E-state index in [1.165, 1.54) is 10.3 Å². The van der Waals surface area contributed by atoms with Crippen LogP contribution in [0.1, 0.15) is 11.1 Å². The van der Waals surface area contributed by atoms with Crippen LogP contribution in [0.5, 0.6) is 0 Å². The maximum absolute atomic E-state index is 4.63. The third kappa shape index (κ3) is 2.88. The first-order chi connectivity index (χ1) is 9.35. The molecule has 3 heteroatoms. The Hall–Kier alpha value is -1.58. The molecule has 0 unspecified atom stereocenters. The molecule has 0 aliphatic rings. The summed E-state index contributed by atoms with van der Waals surface area (Å²) < 4.78 is 2.39. The SMILES string of the molecule is C=Cc1ccc(CSc2nc3ccccc3s2)cc1. The van der Waals surface area contributed by atoms with Crippen molar-refractivity contribution >= 4 is 39.4 Å². The Morgan fingerprint density at radius 2 is 1.89 bits per heavy atom. The van der Waals surface area contributed by atoms with E-state index in [1.54, 1.807) is 23.1 Å². The average Bonchev–Trinajstić information content (AvgIpc) is 2.88. The fourth-order valence-corrected chi connectivity index (χ4v) is 3.83. The zero-order valence-corrected chi connectivity index (χ0v) is 12.0. The van der Waals surface area contributed by atoms with E-state index in [0.29, 0.717) is 0 Å². The summed E-state index contributed by atoms with van der Waals surface area (Å²) in [6.07, 6.45) is 1.87. The first-order valence-electron chi connectivity index (χ1n) is 6.05. The van der Waals surface area contributed by atoms with Crippen molar-refractivity contribution in [3.63, 3.8) is 0 Å². The van der Waals surface area contributed by atoms with Gasteiger partial charge in [0.1, 0.15) is 0 Å². The highest BCUT2D eigenvalue weighted by atomic mass is 32.2. The quantitative estimate of drug-likeness (QED) is 0.608. The Balaban J connectivity index is 1.72. The van der Waals surface area contributed by atoms with Crippen molar-refractivity contribution in [1.82, 2.24) is 4.98 Å². The minimum atomic E-state index is 0.956. The Morgan fingerprint density at radius 3 is 2.63 bits per heavy atom. The highest BCUT2D eigenvalue weighted by Crippen LogP contribution is 2.31. The van der Waals surface area contributed by atoms with Gasteiger partial charge in [-0.3, -0.25) is 0 Å². The minimum absolute atomic E-state index is 0.956. The van der Waals surface area contributed by atoms with Crippen LogP contribution in [0.4, 0.5) is 0 Å². The van der Waals surface area contributed by atoms with Crippen molar-refractivity contribution in [1.29, 1.82) is 0 Å². The van der Waals surface area contributed by atoms with Crippen LogP contribution in [0.3, 0.4) is 0 Å². The van der Waals surface area contributed by atoms with E-state index in [0.717, 1.165) is 21.2 Å². The van der Waals surface area contributed by atoms with Gasteiger partial charge in [0.2, 0.25) is 0 Å². The number of thiazole rings is 1. The van der Waals surface area contributed by atoms with Gasteiger partial charge in [-0.05, 0) is 23.3 Å². The molecule has 0 saturated heterocycles. The van der Waals surface area contributed by atoms with Crippen molar-refractivity contribution in [2.24, 2.45) is 0 Å². The minimum Gasteiger partial charge on any atom is -0.230 e. The molecule has 0 amide bonds. The van der Waals surface area contributed by atoms with Crippen LogP contribution in [0.25, 0.3) is 16.3 Å². The van der Waals surface area contributed by atoms with Gasteiger partial charge in [-0.25, -0.2) is 4.98 Å². The summed E-state index contributed by atoms with van der Waals surface area (Å²) in [4.78, 5) is 4.63. The van der Waals surface area contributed by atoms with E-state index in [-0.39, 0.29) is 0 Å². The van der Waals surface area contributed by atoms with Crippen molar-refractivity contribution in [3.8, 4) is 0 Å². The molecule has 0 radical (unpaired) electrons. The molecule has 0 fully saturated rings. The number of hydrogen-bond acceptors (Lipinski definition) is 3. The van der Waals surface area contributed by atoms with Gasteiger partial charge in [-0.15, -0.1) is 11.3 Å². The van der Waals surface area contributed by atoms with E-state index < -0.39 is 0 Å². The molecular weight excluding hydrogens is 270 g/mol. The third-order valence-electron chi connectivity index (χ3n) is 2.85.